The van der Waals surface area contributed by atoms with Gasteiger partial charge in [-0.15, -0.1) is 0 Å². The maximum atomic E-state index is 11.8. The number of thioether (sulfide) groups is 1. The Morgan fingerprint density at radius 2 is 2.21 bits per heavy atom. The van der Waals surface area contributed by atoms with Crippen LogP contribution in [-0.4, -0.2) is 47.4 Å². The summed E-state index contributed by atoms with van der Waals surface area (Å²) >= 11 is 1.92. The topological polar surface area (TPSA) is 45.2 Å². The lowest BCUT2D eigenvalue weighted by Crippen LogP contribution is -2.26. The van der Waals surface area contributed by atoms with Crippen LogP contribution in [-0.2, 0) is 0 Å². The van der Waals surface area contributed by atoms with Crippen molar-refractivity contribution >= 4 is 23.5 Å². The smallest absolute Gasteiger partial charge is 0.254 e. The molecule has 0 saturated heterocycles. The summed E-state index contributed by atoms with van der Waals surface area (Å²) in [7, 11) is 3.49. The van der Waals surface area contributed by atoms with Gasteiger partial charge in [0.05, 0.1) is 5.56 Å². The monoisotopic (exact) mass is 279 g/mol. The van der Waals surface area contributed by atoms with Crippen LogP contribution in [0.25, 0.3) is 0 Å². The van der Waals surface area contributed by atoms with Crippen LogP contribution in [0.2, 0.25) is 0 Å². The van der Waals surface area contributed by atoms with Crippen molar-refractivity contribution in [2.75, 3.05) is 25.7 Å². The molecule has 2 atom stereocenters. The van der Waals surface area contributed by atoms with Crippen molar-refractivity contribution in [1.29, 1.82) is 0 Å². The summed E-state index contributed by atoms with van der Waals surface area (Å²) in [6.45, 7) is 0. The van der Waals surface area contributed by atoms with E-state index < -0.39 is 0 Å². The summed E-state index contributed by atoms with van der Waals surface area (Å²) in [6.07, 6.45) is 7.56. The molecule has 0 radical (unpaired) electrons. The zero-order chi connectivity index (χ0) is 13.8. The highest BCUT2D eigenvalue weighted by Gasteiger charge is 2.26. The van der Waals surface area contributed by atoms with Gasteiger partial charge in [-0.3, -0.25) is 4.79 Å². The van der Waals surface area contributed by atoms with Crippen LogP contribution in [0.3, 0.4) is 0 Å². The average molecular weight is 279 g/mol. The van der Waals surface area contributed by atoms with Crippen molar-refractivity contribution in [3.05, 3.63) is 23.9 Å². The number of carbonyl (C=O) groups excluding carboxylic acids is 1. The highest BCUT2D eigenvalue weighted by molar-refractivity contribution is 7.99. The number of amides is 1. The first kappa shape index (κ1) is 14.2. The zero-order valence-corrected chi connectivity index (χ0v) is 12.5. The van der Waals surface area contributed by atoms with E-state index in [-0.39, 0.29) is 5.91 Å². The highest BCUT2D eigenvalue weighted by Crippen LogP contribution is 2.30. The average Bonchev–Trinajstić information content (AvgIpc) is 2.86. The van der Waals surface area contributed by atoms with Crippen molar-refractivity contribution in [1.82, 2.24) is 9.88 Å². The molecule has 4 nitrogen and oxygen atoms in total. The molecule has 1 aromatic rings. The van der Waals surface area contributed by atoms with Gasteiger partial charge in [-0.1, -0.05) is 6.42 Å². The quantitative estimate of drug-likeness (QED) is 0.919. The number of nitrogens with one attached hydrogen (secondary N) is 1. The number of nitrogens with zero attached hydrogens (tertiary/aromatic N) is 2. The molecule has 1 aliphatic carbocycles. The van der Waals surface area contributed by atoms with Gasteiger partial charge < -0.3 is 10.2 Å². The Kier molecular flexibility index (Phi) is 4.69. The van der Waals surface area contributed by atoms with E-state index in [2.05, 4.69) is 16.6 Å². The van der Waals surface area contributed by atoms with Crippen LogP contribution < -0.4 is 5.32 Å². The molecule has 1 N–H and O–H groups in total. The standard InChI is InChI=1S/C14H21N3OS/c1-17(2)14(18)10-7-8-13(15-9-10)16-11-5-4-6-12(11)19-3/h7-9,11-12H,4-6H2,1-3H3,(H,15,16). The number of carbonyl (C=O) groups is 1. The molecule has 1 aliphatic rings. The first-order valence-electron chi connectivity index (χ1n) is 6.59. The first-order chi connectivity index (χ1) is 9.11. The van der Waals surface area contributed by atoms with E-state index in [1.54, 1.807) is 25.2 Å². The Morgan fingerprint density at radius 1 is 1.42 bits per heavy atom. The van der Waals surface area contributed by atoms with E-state index in [4.69, 9.17) is 0 Å². The van der Waals surface area contributed by atoms with E-state index in [0.29, 0.717) is 16.9 Å². The van der Waals surface area contributed by atoms with Gasteiger partial charge in [-0.2, -0.15) is 11.8 Å². The third kappa shape index (κ3) is 3.41. The van der Waals surface area contributed by atoms with Gasteiger partial charge in [0.25, 0.3) is 5.91 Å². The zero-order valence-electron chi connectivity index (χ0n) is 11.7. The van der Waals surface area contributed by atoms with Crippen LogP contribution >= 0.6 is 11.8 Å². The van der Waals surface area contributed by atoms with Gasteiger partial charge in [0, 0.05) is 31.6 Å². The predicted octanol–water partition coefficient (Wildman–Crippen LogP) is 2.48. The Labute approximate surface area is 119 Å². The minimum absolute atomic E-state index is 0.0121. The van der Waals surface area contributed by atoms with Crippen molar-refractivity contribution < 1.29 is 4.79 Å². The van der Waals surface area contributed by atoms with E-state index in [1.165, 1.54) is 19.3 Å². The number of pyridine rings is 1. The lowest BCUT2D eigenvalue weighted by molar-refractivity contribution is 0.0827. The summed E-state index contributed by atoms with van der Waals surface area (Å²) in [5.41, 5.74) is 0.628. The largest absolute Gasteiger partial charge is 0.366 e. The van der Waals surface area contributed by atoms with Gasteiger partial charge in [0.15, 0.2) is 0 Å². The molecule has 2 unspecified atom stereocenters. The van der Waals surface area contributed by atoms with Crippen LogP contribution in [0.5, 0.6) is 0 Å². The minimum atomic E-state index is -0.0121. The Hall–Kier alpha value is -1.23. The van der Waals surface area contributed by atoms with Gasteiger partial charge in [-0.25, -0.2) is 4.98 Å². The molecule has 104 valence electrons. The predicted molar refractivity (Wildman–Crippen MR) is 80.8 cm³/mol. The normalized spacial score (nSPS) is 22.3. The van der Waals surface area contributed by atoms with E-state index in [0.717, 1.165) is 5.82 Å². The lowest BCUT2D eigenvalue weighted by Gasteiger charge is -2.19. The molecule has 1 amide bonds. The minimum Gasteiger partial charge on any atom is -0.366 e. The summed E-state index contributed by atoms with van der Waals surface area (Å²) in [6, 6.07) is 4.23. The number of anilines is 1. The van der Waals surface area contributed by atoms with Crippen LogP contribution in [0, 0.1) is 0 Å². The molecule has 0 bridgehead atoms. The first-order valence-corrected chi connectivity index (χ1v) is 7.87. The van der Waals surface area contributed by atoms with Crippen molar-refractivity contribution in [3.63, 3.8) is 0 Å². The van der Waals surface area contributed by atoms with Gasteiger partial charge in [-0.05, 0) is 31.2 Å². The molecule has 0 spiro atoms. The second-order valence-electron chi connectivity index (χ2n) is 5.09. The fourth-order valence-corrected chi connectivity index (χ4v) is 3.36. The van der Waals surface area contributed by atoms with Gasteiger partial charge >= 0.3 is 0 Å². The summed E-state index contributed by atoms with van der Waals surface area (Å²) in [5.74, 6) is 0.850. The molecule has 5 heteroatoms. The third-order valence-electron chi connectivity index (χ3n) is 3.51. The summed E-state index contributed by atoms with van der Waals surface area (Å²) in [5, 5.41) is 4.15. The maximum Gasteiger partial charge on any atom is 0.254 e. The number of hydrogen-bond acceptors (Lipinski definition) is 4. The fraction of sp³-hybridized carbons (Fsp3) is 0.571. The summed E-state index contributed by atoms with van der Waals surface area (Å²) in [4.78, 5) is 17.7. The molecule has 1 saturated carbocycles. The van der Waals surface area contributed by atoms with Crippen LogP contribution in [0.4, 0.5) is 5.82 Å². The highest BCUT2D eigenvalue weighted by atomic mass is 32.2. The second kappa shape index (κ2) is 6.28. The molecule has 0 aliphatic heterocycles. The lowest BCUT2D eigenvalue weighted by atomic mass is 10.2. The van der Waals surface area contributed by atoms with Crippen molar-refractivity contribution in [3.8, 4) is 0 Å². The van der Waals surface area contributed by atoms with Gasteiger partial charge in [0.2, 0.25) is 0 Å². The second-order valence-corrected chi connectivity index (χ2v) is 6.16. The Bertz CT molecular complexity index is 433. The molecule has 19 heavy (non-hydrogen) atoms. The number of aromatic nitrogens is 1. The molecule has 1 fully saturated rings. The molecular formula is C14H21N3OS. The fourth-order valence-electron chi connectivity index (χ4n) is 2.43. The SMILES string of the molecule is CSC1CCCC1Nc1ccc(C(=O)N(C)C)cn1. The molecular weight excluding hydrogens is 258 g/mol. The van der Waals surface area contributed by atoms with E-state index in [1.807, 2.05) is 23.9 Å². The summed E-state index contributed by atoms with van der Waals surface area (Å²) < 4.78 is 0. The van der Waals surface area contributed by atoms with Crippen molar-refractivity contribution in [2.24, 2.45) is 0 Å². The Morgan fingerprint density at radius 3 is 2.79 bits per heavy atom. The molecule has 1 heterocycles. The Balaban J connectivity index is 2.01. The van der Waals surface area contributed by atoms with Gasteiger partial charge in [0.1, 0.15) is 5.82 Å². The van der Waals surface area contributed by atoms with Crippen molar-refractivity contribution in [2.45, 2.75) is 30.6 Å². The third-order valence-corrected chi connectivity index (χ3v) is 4.67. The van der Waals surface area contributed by atoms with Crippen LogP contribution in [0.1, 0.15) is 29.6 Å². The van der Waals surface area contributed by atoms with E-state index >= 15 is 0 Å². The molecule has 0 aromatic carbocycles. The van der Waals surface area contributed by atoms with Crippen LogP contribution in [0.15, 0.2) is 18.3 Å². The van der Waals surface area contributed by atoms with E-state index in [9.17, 15) is 4.79 Å². The molecule has 1 aromatic heterocycles. The number of hydrogen-bond donors (Lipinski definition) is 1. The number of rotatable bonds is 4. The maximum absolute atomic E-state index is 11.8. The molecule has 2 rings (SSSR count).